The Bertz CT molecular complexity index is 934. The maximum Gasteiger partial charge on any atom is 0.414 e. The zero-order valence-corrected chi connectivity index (χ0v) is 20.2. The van der Waals surface area contributed by atoms with E-state index in [2.05, 4.69) is 28.6 Å². The molecule has 0 fully saturated rings. The van der Waals surface area contributed by atoms with Crippen LogP contribution in [0.5, 0.6) is 5.06 Å². The third-order valence-electron chi connectivity index (χ3n) is 5.09. The number of amides is 2. The van der Waals surface area contributed by atoms with Crippen LogP contribution in [0, 0.1) is 5.92 Å². The lowest BCUT2D eigenvalue weighted by Crippen LogP contribution is -2.48. The molecule has 0 radical (unpaired) electrons. The first-order valence-corrected chi connectivity index (χ1v) is 11.9. The molecule has 0 saturated carbocycles. The molecular formula is C23H30ClN3O4S. The Hall–Kier alpha value is -2.13. The van der Waals surface area contributed by atoms with Crippen molar-refractivity contribution in [2.45, 2.75) is 32.7 Å². The number of nitrogens with one attached hydrogen (secondary N) is 2. The smallest absolute Gasteiger partial charge is 0.399 e. The summed E-state index contributed by atoms with van der Waals surface area (Å²) in [6.45, 7) is 6.56. The van der Waals surface area contributed by atoms with Gasteiger partial charge in [0.2, 0.25) is 5.91 Å². The van der Waals surface area contributed by atoms with Crippen LogP contribution in [0.25, 0.3) is 0 Å². The number of carbonyl (C=O) groups excluding carboxylic acids is 2. The van der Waals surface area contributed by atoms with Gasteiger partial charge in [-0.1, -0.05) is 42.9 Å². The summed E-state index contributed by atoms with van der Waals surface area (Å²) in [4.78, 5) is 27.6. The highest BCUT2D eigenvalue weighted by Crippen LogP contribution is 2.28. The molecule has 2 amide bonds. The average Bonchev–Trinajstić information content (AvgIpc) is 3.04. The Labute approximate surface area is 198 Å². The zero-order valence-electron chi connectivity index (χ0n) is 18.7. The fraction of sp³-hybridized carbons (Fsp3) is 0.478. The lowest BCUT2D eigenvalue weighted by Gasteiger charge is -2.19. The number of ether oxygens (including phenoxy) is 2. The van der Waals surface area contributed by atoms with Crippen LogP contribution in [0.3, 0.4) is 0 Å². The van der Waals surface area contributed by atoms with Crippen molar-refractivity contribution in [3.05, 3.63) is 45.8 Å². The van der Waals surface area contributed by atoms with Crippen molar-refractivity contribution in [3.63, 3.8) is 0 Å². The van der Waals surface area contributed by atoms with Gasteiger partial charge in [-0.2, -0.15) is 0 Å². The monoisotopic (exact) mass is 479 g/mol. The number of thiophene rings is 1. The summed E-state index contributed by atoms with van der Waals surface area (Å²) in [5, 5.41) is 5.87. The molecule has 2 aromatic rings. The Morgan fingerprint density at radius 2 is 1.88 bits per heavy atom. The standard InChI is InChI=1S/C23H30ClN3O4S/c1-15(2)13-30-14-19(26-23(29)31-21-7-6-20(24)32-21)22(28)25-18-5-4-16-8-10-27(3)11-9-17(16)12-18/h4-7,12,15,19H,8-11,13-14H2,1-3H3,(H,25,28)(H,26,29). The topological polar surface area (TPSA) is 79.9 Å². The molecule has 1 atom stereocenters. The molecule has 0 aliphatic carbocycles. The van der Waals surface area contributed by atoms with Crippen molar-refractivity contribution in [1.82, 2.24) is 10.2 Å². The molecule has 174 valence electrons. The van der Waals surface area contributed by atoms with Crippen LogP contribution in [0.4, 0.5) is 10.5 Å². The van der Waals surface area contributed by atoms with Crippen LogP contribution in [0.15, 0.2) is 30.3 Å². The fourth-order valence-corrected chi connectivity index (χ4v) is 4.24. The number of likely N-dealkylation sites (N-methyl/N-ethyl adjacent to an activating group) is 1. The number of hydrogen-bond donors (Lipinski definition) is 2. The van der Waals surface area contributed by atoms with Crippen molar-refractivity contribution >= 4 is 40.6 Å². The molecular weight excluding hydrogens is 450 g/mol. The van der Waals surface area contributed by atoms with E-state index in [0.29, 0.717) is 27.6 Å². The second-order valence-corrected chi connectivity index (χ2v) is 10.0. The summed E-state index contributed by atoms with van der Waals surface area (Å²) < 4.78 is 11.4. The van der Waals surface area contributed by atoms with Crippen LogP contribution < -0.4 is 15.4 Å². The number of carbonyl (C=O) groups is 2. The van der Waals surface area contributed by atoms with E-state index in [-0.39, 0.29) is 12.5 Å². The summed E-state index contributed by atoms with van der Waals surface area (Å²) in [5.41, 5.74) is 3.24. The minimum atomic E-state index is -0.901. The van der Waals surface area contributed by atoms with E-state index in [1.807, 2.05) is 26.0 Å². The van der Waals surface area contributed by atoms with E-state index in [4.69, 9.17) is 21.1 Å². The Balaban J connectivity index is 1.65. The van der Waals surface area contributed by atoms with Gasteiger partial charge in [0.05, 0.1) is 10.9 Å². The third kappa shape index (κ3) is 7.48. The second-order valence-electron chi connectivity index (χ2n) is 8.35. The van der Waals surface area contributed by atoms with Crippen molar-refractivity contribution in [2.75, 3.05) is 38.7 Å². The molecule has 2 heterocycles. The summed E-state index contributed by atoms with van der Waals surface area (Å²) in [7, 11) is 2.12. The van der Waals surface area contributed by atoms with Crippen molar-refractivity contribution in [1.29, 1.82) is 0 Å². The van der Waals surface area contributed by atoms with E-state index in [0.717, 1.165) is 37.3 Å². The van der Waals surface area contributed by atoms with Gasteiger partial charge in [0.15, 0.2) is 5.06 Å². The maximum atomic E-state index is 13.0. The molecule has 1 aliphatic heterocycles. The highest BCUT2D eigenvalue weighted by atomic mass is 35.5. The van der Waals surface area contributed by atoms with Gasteiger partial charge in [0.25, 0.3) is 0 Å². The lowest BCUT2D eigenvalue weighted by molar-refractivity contribution is -0.119. The number of hydrogen-bond acceptors (Lipinski definition) is 6. The maximum absolute atomic E-state index is 13.0. The van der Waals surface area contributed by atoms with Crippen LogP contribution in [-0.2, 0) is 22.4 Å². The van der Waals surface area contributed by atoms with E-state index >= 15 is 0 Å². The molecule has 3 rings (SSSR count). The third-order valence-corrected chi connectivity index (χ3v) is 6.19. The predicted molar refractivity (Wildman–Crippen MR) is 128 cm³/mol. The number of benzene rings is 1. The highest BCUT2D eigenvalue weighted by molar-refractivity contribution is 7.17. The van der Waals surface area contributed by atoms with Crippen molar-refractivity contribution in [2.24, 2.45) is 5.92 Å². The fourth-order valence-electron chi connectivity index (χ4n) is 3.36. The minimum absolute atomic E-state index is 0.0417. The van der Waals surface area contributed by atoms with Gasteiger partial charge in [-0.3, -0.25) is 4.79 Å². The van der Waals surface area contributed by atoms with E-state index in [9.17, 15) is 9.59 Å². The molecule has 0 saturated heterocycles. The first kappa shape index (κ1) is 24.5. The van der Waals surface area contributed by atoms with E-state index < -0.39 is 12.1 Å². The molecule has 1 aromatic carbocycles. The van der Waals surface area contributed by atoms with Crippen LogP contribution in [-0.4, -0.2) is 56.3 Å². The molecule has 9 heteroatoms. The number of nitrogens with zero attached hydrogens (tertiary/aromatic N) is 1. The molecule has 2 N–H and O–H groups in total. The molecule has 32 heavy (non-hydrogen) atoms. The summed E-state index contributed by atoms with van der Waals surface area (Å²) in [6.07, 6.45) is 1.19. The summed E-state index contributed by atoms with van der Waals surface area (Å²) in [5.74, 6) is -0.0535. The van der Waals surface area contributed by atoms with Crippen molar-refractivity contribution < 1.29 is 19.1 Å². The summed E-state index contributed by atoms with van der Waals surface area (Å²) >= 11 is 7.02. The van der Waals surface area contributed by atoms with Gasteiger partial charge < -0.3 is 25.0 Å². The van der Waals surface area contributed by atoms with Crippen LogP contribution in [0.1, 0.15) is 25.0 Å². The van der Waals surface area contributed by atoms with Gasteiger partial charge in [-0.25, -0.2) is 4.79 Å². The molecule has 7 nitrogen and oxygen atoms in total. The average molecular weight is 480 g/mol. The van der Waals surface area contributed by atoms with Gasteiger partial charge in [0, 0.05) is 25.4 Å². The number of rotatable bonds is 8. The Morgan fingerprint density at radius 1 is 1.12 bits per heavy atom. The number of fused-ring (bicyclic) bond motifs is 1. The van der Waals surface area contributed by atoms with Crippen molar-refractivity contribution in [3.8, 4) is 5.06 Å². The van der Waals surface area contributed by atoms with E-state index in [1.165, 1.54) is 11.1 Å². The largest absolute Gasteiger partial charge is 0.414 e. The molecule has 0 spiro atoms. The van der Waals surface area contributed by atoms with Gasteiger partial charge >= 0.3 is 6.09 Å². The van der Waals surface area contributed by atoms with Crippen LogP contribution >= 0.6 is 22.9 Å². The molecule has 0 bridgehead atoms. The number of anilines is 1. The predicted octanol–water partition coefficient (Wildman–Crippen LogP) is 4.20. The first-order chi connectivity index (χ1) is 15.3. The van der Waals surface area contributed by atoms with Gasteiger partial charge in [-0.05, 0) is 61.2 Å². The molecule has 1 aliphatic rings. The lowest BCUT2D eigenvalue weighted by atomic mass is 10.0. The first-order valence-electron chi connectivity index (χ1n) is 10.7. The Morgan fingerprint density at radius 3 is 2.56 bits per heavy atom. The normalized spacial score (nSPS) is 15.0. The van der Waals surface area contributed by atoms with Gasteiger partial charge in [-0.15, -0.1) is 0 Å². The highest BCUT2D eigenvalue weighted by Gasteiger charge is 2.23. The second kappa shape index (κ2) is 11.7. The molecule has 1 unspecified atom stereocenters. The quantitative estimate of drug-likeness (QED) is 0.593. The zero-order chi connectivity index (χ0) is 23.1. The van der Waals surface area contributed by atoms with E-state index in [1.54, 1.807) is 12.1 Å². The van der Waals surface area contributed by atoms with Gasteiger partial charge in [0.1, 0.15) is 6.04 Å². The number of halogens is 1. The molecule has 1 aromatic heterocycles. The summed E-state index contributed by atoms with van der Waals surface area (Å²) in [6, 6.07) is 8.33. The van der Waals surface area contributed by atoms with Crippen LogP contribution in [0.2, 0.25) is 4.34 Å². The SMILES string of the molecule is CC(C)COCC(NC(=O)Oc1ccc(Cl)s1)C(=O)Nc1ccc2c(c1)CCN(C)CC2. The Kier molecular flexibility index (Phi) is 8.92. The minimum Gasteiger partial charge on any atom is -0.399 e.